The summed E-state index contributed by atoms with van der Waals surface area (Å²) >= 11 is 0. The quantitative estimate of drug-likeness (QED) is 0.794. The molecule has 1 aromatic heterocycles. The predicted octanol–water partition coefficient (Wildman–Crippen LogP) is 2.12. The third kappa shape index (κ3) is 3.72. The van der Waals surface area contributed by atoms with Gasteiger partial charge < -0.3 is 9.30 Å². The van der Waals surface area contributed by atoms with Crippen molar-refractivity contribution in [3.63, 3.8) is 0 Å². The lowest BCUT2D eigenvalue weighted by molar-refractivity contribution is 0.0514. The minimum atomic E-state index is -3.37. The smallest absolute Gasteiger partial charge is 0.354 e. The lowest BCUT2D eigenvalue weighted by atomic mass is 10.2. The van der Waals surface area contributed by atoms with E-state index in [-0.39, 0.29) is 17.2 Å². The first-order valence-corrected chi connectivity index (χ1v) is 8.42. The first-order valence-electron chi connectivity index (χ1n) is 6.53. The molecule has 0 amide bonds. The van der Waals surface area contributed by atoms with Crippen molar-refractivity contribution in [3.05, 3.63) is 53.9 Å². The number of benzene rings is 1. The monoisotopic (exact) mass is 307 g/mol. The lowest BCUT2D eigenvalue weighted by Gasteiger charge is -2.08. The molecule has 5 nitrogen and oxygen atoms in total. The second-order valence-electron chi connectivity index (χ2n) is 4.67. The van der Waals surface area contributed by atoms with E-state index in [2.05, 4.69) is 0 Å². The summed E-state index contributed by atoms with van der Waals surface area (Å²) in [5, 5.41) is 0. The number of carbonyl (C=O) groups excluding carboxylic acids is 1. The molecule has 0 N–H and O–H groups in total. The van der Waals surface area contributed by atoms with E-state index < -0.39 is 15.8 Å². The highest BCUT2D eigenvalue weighted by Gasteiger charge is 2.19. The van der Waals surface area contributed by atoms with E-state index in [1.165, 1.54) is 12.3 Å². The highest BCUT2D eigenvalue weighted by molar-refractivity contribution is 7.90. The topological polar surface area (TPSA) is 65.4 Å². The second kappa shape index (κ2) is 6.13. The minimum absolute atomic E-state index is 0.112. The van der Waals surface area contributed by atoms with Gasteiger partial charge in [0.15, 0.2) is 9.84 Å². The van der Waals surface area contributed by atoms with Gasteiger partial charge in [0.2, 0.25) is 0 Å². The first kappa shape index (κ1) is 15.3. The van der Waals surface area contributed by atoms with Crippen LogP contribution in [0, 0.1) is 0 Å². The van der Waals surface area contributed by atoms with Crippen molar-refractivity contribution >= 4 is 15.8 Å². The van der Waals surface area contributed by atoms with Crippen molar-refractivity contribution in [2.75, 3.05) is 12.9 Å². The highest BCUT2D eigenvalue weighted by Crippen LogP contribution is 2.17. The number of esters is 1. The van der Waals surface area contributed by atoms with Gasteiger partial charge in [0.1, 0.15) is 5.69 Å². The van der Waals surface area contributed by atoms with Gasteiger partial charge in [0, 0.05) is 19.0 Å². The Labute approximate surface area is 124 Å². The summed E-state index contributed by atoms with van der Waals surface area (Å²) in [6.45, 7) is 2.36. The molecule has 21 heavy (non-hydrogen) atoms. The summed E-state index contributed by atoms with van der Waals surface area (Å²) in [7, 11) is -3.37. The van der Waals surface area contributed by atoms with E-state index in [1.807, 2.05) is 30.3 Å². The zero-order valence-electron chi connectivity index (χ0n) is 11.9. The van der Waals surface area contributed by atoms with Crippen LogP contribution in [0.2, 0.25) is 0 Å². The SMILES string of the molecule is CCOC(=O)c1cc(S(C)(=O)=O)cn1Cc1ccccc1. The standard InChI is InChI=1S/C15H17NO4S/c1-3-20-15(17)14-9-13(21(2,18)19)11-16(14)10-12-7-5-4-6-8-12/h4-9,11H,3,10H2,1-2H3. The minimum Gasteiger partial charge on any atom is -0.461 e. The predicted molar refractivity (Wildman–Crippen MR) is 79.0 cm³/mol. The average molecular weight is 307 g/mol. The number of sulfone groups is 1. The summed E-state index contributed by atoms with van der Waals surface area (Å²) < 4.78 is 29.9. The van der Waals surface area contributed by atoms with Gasteiger partial charge in [0.05, 0.1) is 11.5 Å². The maximum absolute atomic E-state index is 12.0. The van der Waals surface area contributed by atoms with Crippen LogP contribution in [0.1, 0.15) is 23.0 Å². The molecular formula is C15H17NO4S. The molecule has 6 heteroatoms. The molecule has 0 aliphatic carbocycles. The van der Waals surface area contributed by atoms with Gasteiger partial charge in [-0.15, -0.1) is 0 Å². The number of aromatic nitrogens is 1. The van der Waals surface area contributed by atoms with Crippen molar-refractivity contribution in [3.8, 4) is 0 Å². The van der Waals surface area contributed by atoms with E-state index in [9.17, 15) is 13.2 Å². The van der Waals surface area contributed by atoms with Crippen LogP contribution in [0.3, 0.4) is 0 Å². The largest absolute Gasteiger partial charge is 0.461 e. The summed E-state index contributed by atoms with van der Waals surface area (Å²) in [5.74, 6) is -0.525. The summed E-state index contributed by atoms with van der Waals surface area (Å²) in [6, 6.07) is 10.9. The first-order chi connectivity index (χ1) is 9.91. The molecule has 1 heterocycles. The molecular weight excluding hydrogens is 290 g/mol. The van der Waals surface area contributed by atoms with Gasteiger partial charge in [-0.1, -0.05) is 30.3 Å². The molecule has 2 rings (SSSR count). The van der Waals surface area contributed by atoms with Gasteiger partial charge in [-0.05, 0) is 18.6 Å². The van der Waals surface area contributed by atoms with Crippen molar-refractivity contribution in [1.82, 2.24) is 4.57 Å². The Morgan fingerprint density at radius 3 is 2.48 bits per heavy atom. The van der Waals surface area contributed by atoms with Gasteiger partial charge in [0.25, 0.3) is 0 Å². The molecule has 1 aromatic carbocycles. The van der Waals surface area contributed by atoms with E-state index in [1.54, 1.807) is 11.5 Å². The molecule has 0 spiro atoms. The summed E-state index contributed by atoms with van der Waals surface area (Å²) in [4.78, 5) is 12.1. The number of hydrogen-bond acceptors (Lipinski definition) is 4. The molecule has 0 fully saturated rings. The highest BCUT2D eigenvalue weighted by atomic mass is 32.2. The molecule has 0 atom stereocenters. The maximum Gasteiger partial charge on any atom is 0.354 e. The number of ether oxygens (including phenoxy) is 1. The fraction of sp³-hybridized carbons (Fsp3) is 0.267. The van der Waals surface area contributed by atoms with Crippen molar-refractivity contribution in [1.29, 1.82) is 0 Å². The molecule has 0 aliphatic heterocycles. The third-order valence-corrected chi connectivity index (χ3v) is 4.06. The second-order valence-corrected chi connectivity index (χ2v) is 6.68. The molecule has 112 valence electrons. The molecule has 0 radical (unpaired) electrons. The molecule has 0 saturated heterocycles. The molecule has 0 unspecified atom stereocenters. The molecule has 0 aliphatic rings. The maximum atomic E-state index is 12.0. The van der Waals surface area contributed by atoms with Crippen molar-refractivity contribution in [2.24, 2.45) is 0 Å². The molecule has 0 saturated carbocycles. The lowest BCUT2D eigenvalue weighted by Crippen LogP contribution is -2.12. The summed E-state index contributed by atoms with van der Waals surface area (Å²) in [6.07, 6.45) is 2.58. The average Bonchev–Trinajstić information content (AvgIpc) is 2.84. The van der Waals surface area contributed by atoms with E-state index in [0.29, 0.717) is 6.54 Å². The van der Waals surface area contributed by atoms with Gasteiger partial charge in [-0.3, -0.25) is 0 Å². The Morgan fingerprint density at radius 2 is 1.90 bits per heavy atom. The Bertz CT molecular complexity index is 732. The van der Waals surface area contributed by atoms with Crippen molar-refractivity contribution in [2.45, 2.75) is 18.4 Å². The fourth-order valence-electron chi connectivity index (χ4n) is 1.97. The van der Waals surface area contributed by atoms with Crippen LogP contribution < -0.4 is 0 Å². The van der Waals surface area contributed by atoms with Crippen molar-refractivity contribution < 1.29 is 17.9 Å². The van der Waals surface area contributed by atoms with Gasteiger partial charge in [-0.25, -0.2) is 13.2 Å². The van der Waals surface area contributed by atoms with Crippen LogP contribution in [0.5, 0.6) is 0 Å². The summed E-state index contributed by atoms with van der Waals surface area (Å²) in [5.41, 5.74) is 1.21. The number of nitrogens with zero attached hydrogens (tertiary/aromatic N) is 1. The normalized spacial score (nSPS) is 11.3. The fourth-order valence-corrected chi connectivity index (χ4v) is 2.62. The Balaban J connectivity index is 2.42. The van der Waals surface area contributed by atoms with E-state index >= 15 is 0 Å². The van der Waals surface area contributed by atoms with Crippen LogP contribution in [-0.4, -0.2) is 31.8 Å². The molecule has 2 aromatic rings. The Kier molecular flexibility index (Phi) is 4.47. The van der Waals surface area contributed by atoms with Crippen LogP contribution in [0.15, 0.2) is 47.5 Å². The van der Waals surface area contributed by atoms with Crippen LogP contribution in [0.4, 0.5) is 0 Å². The zero-order chi connectivity index (χ0) is 15.5. The third-order valence-electron chi connectivity index (χ3n) is 2.98. The Hall–Kier alpha value is -2.08. The van der Waals surface area contributed by atoms with E-state index in [4.69, 9.17) is 4.74 Å². The number of hydrogen-bond donors (Lipinski definition) is 0. The van der Waals surface area contributed by atoms with Crippen LogP contribution >= 0.6 is 0 Å². The Morgan fingerprint density at radius 1 is 1.24 bits per heavy atom. The molecule has 0 bridgehead atoms. The van der Waals surface area contributed by atoms with Crippen LogP contribution in [0.25, 0.3) is 0 Å². The van der Waals surface area contributed by atoms with Gasteiger partial charge in [-0.2, -0.15) is 0 Å². The van der Waals surface area contributed by atoms with Crippen LogP contribution in [-0.2, 0) is 21.1 Å². The zero-order valence-corrected chi connectivity index (χ0v) is 12.8. The number of rotatable bonds is 5. The van der Waals surface area contributed by atoms with E-state index in [0.717, 1.165) is 11.8 Å². The van der Waals surface area contributed by atoms with Gasteiger partial charge >= 0.3 is 5.97 Å². The number of carbonyl (C=O) groups is 1.